The lowest BCUT2D eigenvalue weighted by Crippen LogP contribution is -2.77. The first kappa shape index (κ1) is 21.5. The van der Waals surface area contributed by atoms with Gasteiger partial charge in [-0.15, -0.1) is 0 Å². The lowest BCUT2D eigenvalue weighted by Gasteiger charge is -2.62. The van der Waals surface area contributed by atoms with Crippen molar-refractivity contribution in [2.75, 3.05) is 0 Å². The molecule has 0 bridgehead atoms. The van der Waals surface area contributed by atoms with Crippen LogP contribution in [-0.4, -0.2) is 30.9 Å². The summed E-state index contributed by atoms with van der Waals surface area (Å²) in [6, 6.07) is 22.8. The molecular formula is C22H37BSi3. The Morgan fingerprint density at radius 1 is 0.500 bits per heavy atom. The second-order valence-corrected chi connectivity index (χ2v) is 28.2. The average molecular weight is 397 g/mol. The zero-order valence-electron chi connectivity index (χ0n) is 18.4. The molecule has 4 heteroatoms. The van der Waals surface area contributed by atoms with E-state index in [1.165, 1.54) is 10.9 Å². The third kappa shape index (κ3) is 3.60. The van der Waals surface area contributed by atoms with Gasteiger partial charge in [-0.25, -0.2) is 0 Å². The minimum absolute atomic E-state index is 0.454. The van der Waals surface area contributed by atoms with Gasteiger partial charge in [0, 0.05) is 24.2 Å². The highest BCUT2D eigenvalue weighted by Crippen LogP contribution is 2.55. The van der Waals surface area contributed by atoms with Gasteiger partial charge in [-0.2, -0.15) is 0 Å². The van der Waals surface area contributed by atoms with Crippen LogP contribution in [0.4, 0.5) is 0 Å². The average Bonchev–Trinajstić information content (AvgIpc) is 2.50. The first-order chi connectivity index (χ1) is 11.8. The minimum atomic E-state index is -1.51. The Labute approximate surface area is 165 Å². The summed E-state index contributed by atoms with van der Waals surface area (Å²) in [6.45, 7) is 24.3. The molecule has 0 aliphatic heterocycles. The van der Waals surface area contributed by atoms with E-state index in [1.54, 1.807) is 0 Å². The highest BCUT2D eigenvalue weighted by atomic mass is 28.5. The fourth-order valence-electron chi connectivity index (χ4n) is 6.66. The van der Waals surface area contributed by atoms with Crippen LogP contribution in [0.1, 0.15) is 0 Å². The van der Waals surface area contributed by atoms with Crippen molar-refractivity contribution in [2.45, 2.75) is 63.1 Å². The molecule has 0 heterocycles. The predicted molar refractivity (Wildman–Crippen MR) is 131 cm³/mol. The molecule has 0 unspecified atom stereocenters. The molecule has 0 atom stereocenters. The van der Waals surface area contributed by atoms with Crippen LogP contribution in [0.15, 0.2) is 60.7 Å². The Morgan fingerprint density at radius 3 is 1.00 bits per heavy atom. The largest absolute Gasteiger partial charge is 0.207 e. The van der Waals surface area contributed by atoms with Crippen molar-refractivity contribution in [1.29, 1.82) is 0 Å². The maximum absolute atomic E-state index is 2.64. The second kappa shape index (κ2) is 7.29. The minimum Gasteiger partial charge on any atom is -0.0745 e. The molecule has 0 aliphatic carbocycles. The van der Waals surface area contributed by atoms with Gasteiger partial charge in [0.2, 0.25) is 6.71 Å². The molecule has 140 valence electrons. The topological polar surface area (TPSA) is 0 Å². The smallest absolute Gasteiger partial charge is 0.0745 e. The molecular weight excluding hydrogens is 359 g/mol. The summed E-state index contributed by atoms with van der Waals surface area (Å²) < 4.78 is 0.454. The molecule has 2 aromatic carbocycles. The third-order valence-corrected chi connectivity index (χ3v) is 27.7. The zero-order chi connectivity index (χ0) is 19.8. The van der Waals surface area contributed by atoms with E-state index in [1.807, 2.05) is 0 Å². The van der Waals surface area contributed by atoms with Gasteiger partial charge in [0.15, 0.2) is 0 Å². The molecule has 2 aromatic rings. The van der Waals surface area contributed by atoms with Gasteiger partial charge in [0.25, 0.3) is 0 Å². The van der Waals surface area contributed by atoms with Crippen LogP contribution < -0.4 is 10.9 Å². The number of hydrogen-bond acceptors (Lipinski definition) is 0. The third-order valence-electron chi connectivity index (χ3n) is 6.25. The Kier molecular flexibility index (Phi) is 6.01. The molecule has 26 heavy (non-hydrogen) atoms. The van der Waals surface area contributed by atoms with E-state index in [9.17, 15) is 0 Å². The van der Waals surface area contributed by atoms with Crippen LogP contribution in [0.5, 0.6) is 0 Å². The summed E-state index contributed by atoms with van der Waals surface area (Å²) in [7, 11) is -4.54. The fourth-order valence-corrected chi connectivity index (χ4v) is 37.3. The van der Waals surface area contributed by atoms with E-state index < -0.39 is 24.2 Å². The lowest BCUT2D eigenvalue weighted by atomic mass is 9.41. The maximum atomic E-state index is 2.64. The lowest BCUT2D eigenvalue weighted by molar-refractivity contribution is 1.22. The Bertz CT molecular complexity index is 631. The Morgan fingerprint density at radius 2 is 0.769 bits per heavy atom. The van der Waals surface area contributed by atoms with E-state index >= 15 is 0 Å². The molecule has 0 aromatic heterocycles. The molecule has 0 amide bonds. The molecule has 0 saturated heterocycles. The SMILES string of the molecule is C[Si](C)(C)C(B(c1ccccc1)c1ccccc1)([Si](C)(C)C)[Si](C)(C)C. The van der Waals surface area contributed by atoms with E-state index in [0.29, 0.717) is 10.9 Å². The maximum Gasteiger partial charge on any atom is 0.207 e. The molecule has 0 spiro atoms. The monoisotopic (exact) mass is 396 g/mol. The van der Waals surface area contributed by atoms with Crippen molar-refractivity contribution >= 4 is 41.9 Å². The normalized spacial score (nSPS) is 13.6. The van der Waals surface area contributed by atoms with Gasteiger partial charge < -0.3 is 0 Å². The first-order valence-electron chi connectivity index (χ1n) is 9.94. The van der Waals surface area contributed by atoms with Crippen molar-refractivity contribution in [2.24, 2.45) is 0 Å². The summed E-state index contributed by atoms with van der Waals surface area (Å²) >= 11 is 0. The van der Waals surface area contributed by atoms with Crippen molar-refractivity contribution in [3.63, 3.8) is 0 Å². The molecule has 0 aliphatic rings. The Hall–Kier alpha value is -0.844. The van der Waals surface area contributed by atoms with E-state index in [4.69, 9.17) is 0 Å². The number of benzene rings is 2. The second-order valence-electron chi connectivity index (χ2n) is 10.8. The molecule has 0 saturated carbocycles. The first-order valence-corrected chi connectivity index (χ1v) is 20.4. The van der Waals surface area contributed by atoms with E-state index in [-0.39, 0.29) is 0 Å². The zero-order valence-corrected chi connectivity index (χ0v) is 21.4. The van der Waals surface area contributed by atoms with Crippen LogP contribution in [0.2, 0.25) is 63.1 Å². The molecule has 0 fully saturated rings. The molecule has 0 nitrogen and oxygen atoms in total. The van der Waals surface area contributed by atoms with Crippen LogP contribution in [0.3, 0.4) is 0 Å². The van der Waals surface area contributed by atoms with Gasteiger partial charge >= 0.3 is 0 Å². The van der Waals surface area contributed by atoms with E-state index in [2.05, 4.69) is 120 Å². The number of rotatable bonds is 6. The summed E-state index contributed by atoms with van der Waals surface area (Å²) in [5.74, 6) is 0. The van der Waals surface area contributed by atoms with Gasteiger partial charge in [-0.1, -0.05) is 135 Å². The molecule has 0 radical (unpaired) electrons. The predicted octanol–water partition coefficient (Wildman–Crippen LogP) is 5.67. The highest BCUT2D eigenvalue weighted by Gasteiger charge is 2.64. The molecule has 0 N–H and O–H groups in total. The van der Waals surface area contributed by atoms with E-state index in [0.717, 1.165) is 0 Å². The highest BCUT2D eigenvalue weighted by molar-refractivity contribution is 7.30. The van der Waals surface area contributed by atoms with Crippen LogP contribution in [0, 0.1) is 0 Å². The summed E-state index contributed by atoms with van der Waals surface area (Å²) in [6.07, 6.45) is 0. The van der Waals surface area contributed by atoms with Gasteiger partial charge in [0.1, 0.15) is 0 Å². The van der Waals surface area contributed by atoms with Gasteiger partial charge in [-0.05, 0) is 0 Å². The summed E-state index contributed by atoms with van der Waals surface area (Å²) in [5.41, 5.74) is 3.04. The fraction of sp³-hybridized carbons (Fsp3) is 0.455. The summed E-state index contributed by atoms with van der Waals surface area (Å²) in [4.78, 5) is 0. The van der Waals surface area contributed by atoms with Crippen LogP contribution >= 0.6 is 0 Å². The van der Waals surface area contributed by atoms with Crippen molar-refractivity contribution < 1.29 is 0 Å². The summed E-state index contributed by atoms with van der Waals surface area (Å²) in [5, 5.41) is 0. The Balaban J connectivity index is 2.96. The standard InChI is InChI=1S/C22H37BSi3/c1-24(2,3)22(25(4,5)6,26(7,8)9)23(20-16-12-10-13-17-20)21-18-14-11-15-19-21/h10-19H,1-9H3. The molecule has 2 rings (SSSR count). The quantitative estimate of drug-likeness (QED) is 0.552. The number of hydrogen-bond donors (Lipinski definition) is 0. The van der Waals surface area contributed by atoms with Crippen molar-refractivity contribution in [3.05, 3.63) is 60.7 Å². The van der Waals surface area contributed by atoms with Crippen LogP contribution in [-0.2, 0) is 0 Å². The van der Waals surface area contributed by atoms with Crippen molar-refractivity contribution in [3.8, 4) is 0 Å². The van der Waals surface area contributed by atoms with Crippen LogP contribution in [0.25, 0.3) is 0 Å². The van der Waals surface area contributed by atoms with Gasteiger partial charge in [-0.3, -0.25) is 0 Å². The van der Waals surface area contributed by atoms with Crippen molar-refractivity contribution in [1.82, 2.24) is 0 Å². The van der Waals surface area contributed by atoms with Gasteiger partial charge in [0.05, 0.1) is 0 Å².